The van der Waals surface area contributed by atoms with Crippen LogP contribution < -0.4 is 0 Å². The quantitative estimate of drug-likeness (QED) is 0.379. The number of rotatable bonds is 0. The van der Waals surface area contributed by atoms with E-state index in [4.69, 9.17) is 12.2 Å². The molecule has 0 fully saturated rings. The van der Waals surface area contributed by atoms with Crippen LogP contribution in [0.5, 0.6) is 0 Å². The van der Waals surface area contributed by atoms with Crippen LogP contribution in [0, 0.1) is 0 Å². The van der Waals surface area contributed by atoms with Crippen molar-refractivity contribution >= 4 is 30.9 Å². The molecule has 0 aromatic heterocycles. The van der Waals surface area contributed by atoms with Crippen LogP contribution >= 0.6 is 12.2 Å². The normalized spacial score (nSPS) is 19.7. The van der Waals surface area contributed by atoms with Crippen LogP contribution in [0.15, 0.2) is 12.2 Å². The van der Waals surface area contributed by atoms with Gasteiger partial charge in [-0.15, -0.1) is 0 Å². The van der Waals surface area contributed by atoms with Crippen molar-refractivity contribution in [2.24, 2.45) is 0 Å². The minimum atomic E-state index is 0.648. The Balaban J connectivity index is 2.59. The second-order valence-electron chi connectivity index (χ2n) is 1.03. The van der Waals surface area contributed by atoms with Crippen molar-refractivity contribution in [3.63, 3.8) is 0 Å². The van der Waals surface area contributed by atoms with Gasteiger partial charge in [0.25, 0.3) is 0 Å². The molecule has 6 heavy (non-hydrogen) atoms. The first-order valence-electron chi connectivity index (χ1n) is 1.73. The maximum atomic E-state index is 4.86. The summed E-state index contributed by atoms with van der Waals surface area (Å²) in [7, 11) is 0. The second kappa shape index (κ2) is 1.87. The van der Waals surface area contributed by atoms with E-state index in [1.165, 1.54) is 9.08 Å². The zero-order valence-electron chi connectivity index (χ0n) is 3.18. The molecule has 1 aliphatic rings. The summed E-state index contributed by atoms with van der Waals surface area (Å²) >= 11 is 5.51. The van der Waals surface area contributed by atoms with Gasteiger partial charge in [0.2, 0.25) is 0 Å². The van der Waals surface area contributed by atoms with E-state index in [0.29, 0.717) is 15.0 Å². The summed E-state index contributed by atoms with van der Waals surface area (Å²) in [5, 5.41) is 1.23. The zero-order valence-corrected chi connectivity index (χ0v) is 5.71. The summed E-state index contributed by atoms with van der Waals surface area (Å²) in [4.78, 5) is 0. The topological polar surface area (TPSA) is 0 Å². The molecular formula is C4H4SSe. The van der Waals surface area contributed by atoms with Crippen LogP contribution in [0.3, 0.4) is 0 Å². The van der Waals surface area contributed by atoms with Gasteiger partial charge in [0, 0.05) is 0 Å². The molecule has 0 radical (unpaired) electrons. The molecule has 0 aromatic rings. The van der Waals surface area contributed by atoms with Crippen LogP contribution in [-0.4, -0.2) is 18.7 Å². The van der Waals surface area contributed by atoms with Crippen molar-refractivity contribution in [2.45, 2.75) is 5.32 Å². The second-order valence-corrected chi connectivity index (χ2v) is 4.28. The van der Waals surface area contributed by atoms with Gasteiger partial charge in [-0.05, 0) is 0 Å². The van der Waals surface area contributed by atoms with Gasteiger partial charge in [-0.1, -0.05) is 0 Å². The van der Waals surface area contributed by atoms with Gasteiger partial charge in [0.05, 0.1) is 0 Å². The van der Waals surface area contributed by atoms with Crippen LogP contribution in [0.4, 0.5) is 0 Å². The van der Waals surface area contributed by atoms with Gasteiger partial charge < -0.3 is 0 Å². The van der Waals surface area contributed by atoms with E-state index in [2.05, 4.69) is 6.08 Å². The Kier molecular flexibility index (Phi) is 1.41. The van der Waals surface area contributed by atoms with E-state index in [1.54, 1.807) is 0 Å². The average Bonchev–Trinajstić information content (AvgIpc) is 1.86. The average molecular weight is 163 g/mol. The maximum absolute atomic E-state index is 4.86. The molecule has 32 valence electrons. The van der Waals surface area contributed by atoms with E-state index >= 15 is 0 Å². The molecule has 0 aliphatic carbocycles. The standard InChI is InChI=1S/C4H4SSe/c5-4-2-1-3-6-4/h1-2H,3H2. The summed E-state index contributed by atoms with van der Waals surface area (Å²) in [6, 6.07) is 0. The Morgan fingerprint density at radius 3 is 2.83 bits per heavy atom. The molecule has 1 heterocycles. The van der Waals surface area contributed by atoms with E-state index in [0.717, 1.165) is 0 Å². The van der Waals surface area contributed by atoms with E-state index in [-0.39, 0.29) is 0 Å². The van der Waals surface area contributed by atoms with Crippen molar-refractivity contribution in [3.05, 3.63) is 12.2 Å². The van der Waals surface area contributed by atoms with Gasteiger partial charge in [0.15, 0.2) is 0 Å². The molecular weight excluding hydrogens is 159 g/mol. The number of hydrogen-bond donors (Lipinski definition) is 0. The van der Waals surface area contributed by atoms with Crippen LogP contribution in [0.25, 0.3) is 0 Å². The number of allylic oxidation sites excluding steroid dienone is 2. The Morgan fingerprint density at radius 1 is 1.83 bits per heavy atom. The number of thiocarbonyl (C=S) groups is 1. The van der Waals surface area contributed by atoms with Gasteiger partial charge in [-0.3, -0.25) is 0 Å². The van der Waals surface area contributed by atoms with E-state index < -0.39 is 0 Å². The van der Waals surface area contributed by atoms with Crippen molar-refractivity contribution in [1.82, 2.24) is 0 Å². The third-order valence-electron chi connectivity index (χ3n) is 0.576. The number of hydrogen-bond acceptors (Lipinski definition) is 1. The summed E-state index contributed by atoms with van der Waals surface area (Å²) in [5.74, 6) is 0. The van der Waals surface area contributed by atoms with Crippen LogP contribution in [0.1, 0.15) is 0 Å². The molecule has 0 amide bonds. The SMILES string of the molecule is S=C1C=CC[Se]1. The third kappa shape index (κ3) is 0.903. The molecule has 1 rings (SSSR count). The molecule has 0 saturated carbocycles. The fourth-order valence-corrected chi connectivity index (χ4v) is 1.92. The Labute approximate surface area is 48.8 Å². The van der Waals surface area contributed by atoms with Crippen LogP contribution in [0.2, 0.25) is 5.32 Å². The zero-order chi connectivity index (χ0) is 4.41. The predicted octanol–water partition coefficient (Wildman–Crippen LogP) is 1.01. The van der Waals surface area contributed by atoms with Gasteiger partial charge in [-0.25, -0.2) is 0 Å². The van der Waals surface area contributed by atoms with Crippen LogP contribution in [-0.2, 0) is 0 Å². The van der Waals surface area contributed by atoms with Crippen molar-refractivity contribution in [2.75, 3.05) is 0 Å². The molecule has 0 spiro atoms. The fraction of sp³-hybridized carbons (Fsp3) is 0.250. The first-order valence-corrected chi connectivity index (χ1v) is 4.20. The van der Waals surface area contributed by atoms with E-state index in [9.17, 15) is 0 Å². The molecule has 0 saturated heterocycles. The molecule has 1 aliphatic heterocycles. The summed E-state index contributed by atoms with van der Waals surface area (Å²) in [6.07, 6.45) is 4.18. The van der Waals surface area contributed by atoms with Crippen molar-refractivity contribution in [1.29, 1.82) is 0 Å². The third-order valence-corrected chi connectivity index (χ3v) is 2.96. The Hall–Kier alpha value is 0.349. The Bertz CT molecular complexity index is 95.7. The van der Waals surface area contributed by atoms with Crippen molar-refractivity contribution < 1.29 is 0 Å². The molecule has 0 aromatic carbocycles. The first-order chi connectivity index (χ1) is 2.89. The molecule has 0 unspecified atom stereocenters. The first kappa shape index (κ1) is 4.51. The molecule has 2 heteroatoms. The van der Waals surface area contributed by atoms with Crippen molar-refractivity contribution in [3.8, 4) is 0 Å². The van der Waals surface area contributed by atoms with Gasteiger partial charge in [0.1, 0.15) is 0 Å². The predicted molar refractivity (Wildman–Crippen MR) is 32.3 cm³/mol. The molecule has 0 atom stereocenters. The fourth-order valence-electron chi connectivity index (χ4n) is 0.323. The Morgan fingerprint density at radius 2 is 2.67 bits per heavy atom. The monoisotopic (exact) mass is 164 g/mol. The summed E-state index contributed by atoms with van der Waals surface area (Å²) in [6.45, 7) is 0. The molecule has 0 bridgehead atoms. The summed E-state index contributed by atoms with van der Waals surface area (Å²) < 4.78 is 1.17. The summed E-state index contributed by atoms with van der Waals surface area (Å²) in [5.41, 5.74) is 0. The van der Waals surface area contributed by atoms with Gasteiger partial charge in [-0.2, -0.15) is 0 Å². The molecule has 0 N–H and O–H groups in total. The molecule has 0 nitrogen and oxygen atoms in total. The van der Waals surface area contributed by atoms with E-state index in [1.807, 2.05) is 6.08 Å². The van der Waals surface area contributed by atoms with Gasteiger partial charge >= 0.3 is 48.4 Å². The minimum absolute atomic E-state index is 0.648.